The molecule has 3 aliphatic rings. The van der Waals surface area contributed by atoms with E-state index in [2.05, 4.69) is 4.90 Å². The highest BCUT2D eigenvalue weighted by atomic mass is 32.2. The van der Waals surface area contributed by atoms with Crippen LogP contribution in [0.15, 0.2) is 29.3 Å². The standard InChI is InChI=1S/C18H23F2N3O3S/c1-27(24,25)23-8-11-6-22(7-12(11)9-23)14-5-17(21)18(26-10-14)15-4-13(19)2-3-16(15)20/h2-4,14,17-18H,5-10,21H2,1H3/t14-,17+,18-/m0/s1. The van der Waals surface area contributed by atoms with E-state index in [1.807, 2.05) is 0 Å². The van der Waals surface area contributed by atoms with E-state index in [0.29, 0.717) is 39.2 Å². The molecule has 0 bridgehead atoms. The number of nitrogens with zero attached hydrogens (tertiary/aromatic N) is 2. The summed E-state index contributed by atoms with van der Waals surface area (Å²) in [4.78, 5) is 2.24. The molecule has 0 aliphatic carbocycles. The molecule has 3 atom stereocenters. The minimum atomic E-state index is -3.18. The Morgan fingerprint density at radius 1 is 1.15 bits per heavy atom. The lowest BCUT2D eigenvalue weighted by atomic mass is 9.93. The van der Waals surface area contributed by atoms with Crippen molar-refractivity contribution in [2.24, 2.45) is 5.73 Å². The summed E-state index contributed by atoms with van der Waals surface area (Å²) in [6.45, 7) is 2.66. The van der Waals surface area contributed by atoms with Crippen LogP contribution in [0.3, 0.4) is 0 Å². The maximum Gasteiger partial charge on any atom is 0.211 e. The van der Waals surface area contributed by atoms with E-state index in [1.165, 1.54) is 10.6 Å². The van der Waals surface area contributed by atoms with E-state index in [9.17, 15) is 17.2 Å². The molecule has 3 heterocycles. The zero-order chi connectivity index (χ0) is 19.3. The number of ether oxygens (including phenoxy) is 1. The molecule has 6 nitrogen and oxygen atoms in total. The predicted molar refractivity (Wildman–Crippen MR) is 96.4 cm³/mol. The molecule has 4 rings (SSSR count). The fourth-order valence-corrected chi connectivity index (χ4v) is 5.00. The van der Waals surface area contributed by atoms with Crippen LogP contribution in [-0.2, 0) is 14.8 Å². The highest BCUT2D eigenvalue weighted by Gasteiger charge is 2.39. The molecule has 0 saturated carbocycles. The topological polar surface area (TPSA) is 75.9 Å². The number of nitrogens with two attached hydrogens (primary N) is 1. The van der Waals surface area contributed by atoms with Crippen molar-refractivity contribution in [3.63, 3.8) is 0 Å². The molecule has 27 heavy (non-hydrogen) atoms. The molecule has 1 aromatic rings. The molecular weight excluding hydrogens is 376 g/mol. The number of sulfonamides is 1. The molecule has 0 amide bonds. The molecule has 3 aliphatic heterocycles. The molecular formula is C18H23F2N3O3S. The summed E-state index contributed by atoms with van der Waals surface area (Å²) >= 11 is 0. The average molecular weight is 399 g/mol. The second kappa shape index (κ2) is 6.89. The fourth-order valence-electron chi connectivity index (χ4n) is 4.22. The lowest BCUT2D eigenvalue weighted by Crippen LogP contribution is -2.49. The van der Waals surface area contributed by atoms with Gasteiger partial charge in [-0.15, -0.1) is 0 Å². The van der Waals surface area contributed by atoms with E-state index in [1.54, 1.807) is 0 Å². The summed E-state index contributed by atoms with van der Waals surface area (Å²) in [5, 5.41) is 0. The summed E-state index contributed by atoms with van der Waals surface area (Å²) in [5.41, 5.74) is 8.69. The van der Waals surface area contributed by atoms with Gasteiger partial charge in [0.2, 0.25) is 10.0 Å². The molecule has 0 spiro atoms. The molecule has 1 aromatic carbocycles. The third kappa shape index (κ3) is 3.66. The van der Waals surface area contributed by atoms with Gasteiger partial charge in [0.25, 0.3) is 0 Å². The first-order valence-corrected chi connectivity index (χ1v) is 10.8. The van der Waals surface area contributed by atoms with Crippen LogP contribution >= 0.6 is 0 Å². The molecule has 9 heteroatoms. The zero-order valence-corrected chi connectivity index (χ0v) is 15.9. The van der Waals surface area contributed by atoms with Crippen molar-refractivity contribution in [3.8, 4) is 0 Å². The summed E-state index contributed by atoms with van der Waals surface area (Å²) in [6.07, 6.45) is 1.17. The van der Waals surface area contributed by atoms with Gasteiger partial charge in [0.05, 0.1) is 12.9 Å². The second-order valence-electron chi connectivity index (χ2n) is 7.62. The van der Waals surface area contributed by atoms with Gasteiger partial charge in [0.1, 0.15) is 17.7 Å². The lowest BCUT2D eigenvalue weighted by Gasteiger charge is -2.39. The Bertz CT molecular complexity index is 872. The molecule has 1 fully saturated rings. The molecule has 0 radical (unpaired) electrons. The lowest BCUT2D eigenvalue weighted by molar-refractivity contribution is -0.0467. The van der Waals surface area contributed by atoms with Gasteiger partial charge in [-0.3, -0.25) is 4.90 Å². The Hall–Kier alpha value is -1.39. The number of hydrogen-bond acceptors (Lipinski definition) is 5. The average Bonchev–Trinajstić information content (AvgIpc) is 3.16. The minimum absolute atomic E-state index is 0.0742. The smallest absolute Gasteiger partial charge is 0.211 e. The van der Waals surface area contributed by atoms with Gasteiger partial charge < -0.3 is 10.5 Å². The van der Waals surface area contributed by atoms with Crippen molar-refractivity contribution in [1.82, 2.24) is 9.21 Å². The highest BCUT2D eigenvalue weighted by Crippen LogP contribution is 2.34. The van der Waals surface area contributed by atoms with Gasteiger partial charge in [0, 0.05) is 43.8 Å². The van der Waals surface area contributed by atoms with E-state index in [4.69, 9.17) is 10.5 Å². The van der Waals surface area contributed by atoms with Gasteiger partial charge in [-0.2, -0.15) is 4.31 Å². The Labute approximate surface area is 157 Å². The quantitative estimate of drug-likeness (QED) is 0.768. The summed E-state index contributed by atoms with van der Waals surface area (Å²) < 4.78 is 58.2. The van der Waals surface area contributed by atoms with Crippen LogP contribution < -0.4 is 5.73 Å². The molecule has 148 valence electrons. The van der Waals surface area contributed by atoms with Gasteiger partial charge in [-0.05, 0) is 35.8 Å². The number of hydrogen-bond donors (Lipinski definition) is 1. The van der Waals surface area contributed by atoms with Gasteiger partial charge in [-0.1, -0.05) is 0 Å². The van der Waals surface area contributed by atoms with Crippen LogP contribution in [0.4, 0.5) is 8.78 Å². The molecule has 2 N–H and O–H groups in total. The van der Waals surface area contributed by atoms with Crippen molar-refractivity contribution in [2.75, 3.05) is 39.0 Å². The highest BCUT2D eigenvalue weighted by molar-refractivity contribution is 7.88. The monoisotopic (exact) mass is 399 g/mol. The van der Waals surface area contributed by atoms with E-state index in [-0.39, 0.29) is 11.6 Å². The van der Waals surface area contributed by atoms with Gasteiger partial charge in [0.15, 0.2) is 0 Å². The summed E-state index contributed by atoms with van der Waals surface area (Å²) in [7, 11) is -3.18. The third-order valence-corrected chi connectivity index (χ3v) is 6.87. The summed E-state index contributed by atoms with van der Waals surface area (Å²) in [5.74, 6) is -1.03. The first-order valence-electron chi connectivity index (χ1n) is 8.93. The SMILES string of the molecule is CS(=O)(=O)N1CC2=C(CN([C@@H]3CO[C@@H](c4cc(F)ccc4F)[C@H](N)C3)C2)C1. The van der Waals surface area contributed by atoms with Crippen LogP contribution in [0.1, 0.15) is 18.1 Å². The van der Waals surface area contributed by atoms with Crippen LogP contribution in [0.2, 0.25) is 0 Å². The summed E-state index contributed by atoms with van der Waals surface area (Å²) in [6, 6.07) is 2.95. The van der Waals surface area contributed by atoms with Crippen LogP contribution in [0.5, 0.6) is 0 Å². The van der Waals surface area contributed by atoms with Gasteiger partial charge in [-0.25, -0.2) is 17.2 Å². The molecule has 1 saturated heterocycles. The normalized spacial score (nSPS) is 30.1. The second-order valence-corrected chi connectivity index (χ2v) is 9.60. The first-order chi connectivity index (χ1) is 12.7. The van der Waals surface area contributed by atoms with E-state index < -0.39 is 33.8 Å². The number of halogens is 2. The molecule has 0 aromatic heterocycles. The van der Waals surface area contributed by atoms with E-state index in [0.717, 1.165) is 29.3 Å². The zero-order valence-electron chi connectivity index (χ0n) is 15.1. The Morgan fingerprint density at radius 2 is 1.81 bits per heavy atom. The minimum Gasteiger partial charge on any atom is -0.370 e. The predicted octanol–water partition coefficient (Wildman–Crippen LogP) is 1.01. The van der Waals surface area contributed by atoms with Crippen LogP contribution in [0.25, 0.3) is 0 Å². The van der Waals surface area contributed by atoms with Crippen molar-refractivity contribution in [2.45, 2.75) is 24.6 Å². The maximum absolute atomic E-state index is 14.0. The Morgan fingerprint density at radius 3 is 2.41 bits per heavy atom. The number of rotatable bonds is 3. The van der Waals surface area contributed by atoms with Crippen LogP contribution in [0, 0.1) is 11.6 Å². The van der Waals surface area contributed by atoms with Crippen molar-refractivity contribution in [1.29, 1.82) is 0 Å². The largest absolute Gasteiger partial charge is 0.370 e. The van der Waals surface area contributed by atoms with Gasteiger partial charge >= 0.3 is 0 Å². The van der Waals surface area contributed by atoms with E-state index >= 15 is 0 Å². The molecule has 0 unspecified atom stereocenters. The third-order valence-electron chi connectivity index (χ3n) is 5.67. The fraction of sp³-hybridized carbons (Fsp3) is 0.556. The van der Waals surface area contributed by atoms with Crippen molar-refractivity contribution >= 4 is 10.0 Å². The first kappa shape index (κ1) is 18.9. The Balaban J connectivity index is 1.38. The van der Waals surface area contributed by atoms with Crippen LogP contribution in [-0.4, -0.2) is 68.7 Å². The Kier molecular flexibility index (Phi) is 4.84. The number of benzene rings is 1. The van der Waals surface area contributed by atoms with Crippen molar-refractivity contribution < 1.29 is 21.9 Å². The maximum atomic E-state index is 14.0. The van der Waals surface area contributed by atoms with Crippen molar-refractivity contribution in [3.05, 3.63) is 46.5 Å².